The van der Waals surface area contributed by atoms with E-state index in [1.165, 1.54) is 17.7 Å². The fourth-order valence-electron chi connectivity index (χ4n) is 1.73. The maximum absolute atomic E-state index is 5.97. The number of hydrogen-bond donors (Lipinski definition) is 0. The minimum atomic E-state index is 0.555. The molecule has 0 radical (unpaired) electrons. The molecule has 0 N–H and O–H groups in total. The molecule has 1 unspecified atom stereocenters. The molecule has 1 aromatic carbocycles. The highest BCUT2D eigenvalue weighted by atomic mass is 79.9. The van der Waals surface area contributed by atoms with E-state index in [2.05, 4.69) is 59.9 Å². The molecule has 0 saturated carbocycles. The Morgan fingerprint density at radius 3 is 2.69 bits per heavy atom. The van der Waals surface area contributed by atoms with Gasteiger partial charge in [-0.3, -0.25) is 0 Å². The maximum atomic E-state index is 5.97. The van der Waals surface area contributed by atoms with Crippen molar-refractivity contribution in [2.75, 3.05) is 18.5 Å². The predicted molar refractivity (Wildman–Crippen MR) is 76.4 cm³/mol. The van der Waals surface area contributed by atoms with Gasteiger partial charge in [0, 0.05) is 29.6 Å². The van der Waals surface area contributed by atoms with Gasteiger partial charge in [0.15, 0.2) is 0 Å². The first-order valence-corrected chi connectivity index (χ1v) is 6.96. The zero-order valence-corrected chi connectivity index (χ0v) is 12.5. The molecule has 0 saturated heterocycles. The van der Waals surface area contributed by atoms with Crippen LogP contribution in [0.2, 0.25) is 0 Å². The van der Waals surface area contributed by atoms with Gasteiger partial charge in [0.05, 0.1) is 0 Å². The van der Waals surface area contributed by atoms with Gasteiger partial charge in [0.25, 0.3) is 0 Å². The van der Waals surface area contributed by atoms with E-state index in [9.17, 15) is 0 Å². The second-order valence-corrected chi connectivity index (χ2v) is 5.48. The first-order chi connectivity index (χ1) is 7.58. The molecule has 0 heterocycles. The van der Waals surface area contributed by atoms with E-state index in [4.69, 9.17) is 11.6 Å². The summed E-state index contributed by atoms with van der Waals surface area (Å²) in [4.78, 5) is 2.29. The Labute approximate surface area is 112 Å². The first-order valence-electron chi connectivity index (χ1n) is 5.64. The molecule has 0 aromatic heterocycles. The summed E-state index contributed by atoms with van der Waals surface area (Å²) >= 11 is 9.44. The highest BCUT2D eigenvalue weighted by Gasteiger charge is 2.09. The van der Waals surface area contributed by atoms with Crippen molar-refractivity contribution in [3.05, 3.63) is 28.2 Å². The van der Waals surface area contributed by atoms with Gasteiger partial charge >= 0.3 is 0 Å². The van der Waals surface area contributed by atoms with Crippen molar-refractivity contribution in [2.45, 2.75) is 26.1 Å². The van der Waals surface area contributed by atoms with E-state index < -0.39 is 0 Å². The standard InChI is InChI=1S/C13H19BrClN/c1-4-10(2)9-16(3)13-6-5-12(14)7-11(13)8-15/h5-7,10H,4,8-9H2,1-3H3. The van der Waals surface area contributed by atoms with Crippen LogP contribution in [0.15, 0.2) is 22.7 Å². The van der Waals surface area contributed by atoms with Gasteiger partial charge in [-0.1, -0.05) is 36.2 Å². The number of anilines is 1. The van der Waals surface area contributed by atoms with Gasteiger partial charge in [-0.05, 0) is 29.7 Å². The third-order valence-corrected chi connectivity index (χ3v) is 3.66. The molecule has 0 amide bonds. The summed E-state index contributed by atoms with van der Waals surface area (Å²) < 4.78 is 1.09. The van der Waals surface area contributed by atoms with E-state index >= 15 is 0 Å². The molecule has 0 aliphatic heterocycles. The number of rotatable bonds is 5. The fraction of sp³-hybridized carbons (Fsp3) is 0.538. The smallest absolute Gasteiger partial charge is 0.0494 e. The van der Waals surface area contributed by atoms with E-state index in [1.54, 1.807) is 0 Å². The van der Waals surface area contributed by atoms with Crippen LogP contribution in [0.1, 0.15) is 25.8 Å². The molecule has 0 bridgehead atoms. The average molecular weight is 305 g/mol. The molecular weight excluding hydrogens is 286 g/mol. The van der Waals surface area contributed by atoms with E-state index in [1.807, 2.05) is 0 Å². The molecular formula is C13H19BrClN. The van der Waals surface area contributed by atoms with Crippen LogP contribution in [-0.4, -0.2) is 13.6 Å². The zero-order chi connectivity index (χ0) is 12.1. The van der Waals surface area contributed by atoms with Crippen molar-refractivity contribution in [3.8, 4) is 0 Å². The second-order valence-electron chi connectivity index (χ2n) is 4.30. The largest absolute Gasteiger partial charge is 0.374 e. The summed E-state index contributed by atoms with van der Waals surface area (Å²) in [6.45, 7) is 5.57. The molecule has 1 rings (SSSR count). The quantitative estimate of drug-likeness (QED) is 0.715. The maximum Gasteiger partial charge on any atom is 0.0494 e. The van der Waals surface area contributed by atoms with Gasteiger partial charge in [-0.2, -0.15) is 0 Å². The number of hydrogen-bond acceptors (Lipinski definition) is 1. The molecule has 0 aliphatic rings. The Kier molecular flexibility index (Phi) is 5.63. The molecule has 0 aliphatic carbocycles. The number of nitrogens with zero attached hydrogens (tertiary/aromatic N) is 1. The van der Waals surface area contributed by atoms with Crippen molar-refractivity contribution in [1.29, 1.82) is 0 Å². The normalized spacial score (nSPS) is 12.6. The lowest BCUT2D eigenvalue weighted by Gasteiger charge is -2.25. The van der Waals surface area contributed by atoms with Gasteiger partial charge in [0.1, 0.15) is 0 Å². The third kappa shape index (κ3) is 3.67. The van der Waals surface area contributed by atoms with Crippen LogP contribution in [0.4, 0.5) is 5.69 Å². The van der Waals surface area contributed by atoms with Crippen LogP contribution >= 0.6 is 27.5 Å². The molecule has 90 valence electrons. The Hall–Kier alpha value is -0.210. The van der Waals surface area contributed by atoms with Crippen LogP contribution in [0.3, 0.4) is 0 Å². The summed E-state index contributed by atoms with van der Waals surface area (Å²) in [6, 6.07) is 6.29. The van der Waals surface area contributed by atoms with Gasteiger partial charge in [-0.15, -0.1) is 11.6 Å². The Bertz CT molecular complexity index is 341. The monoisotopic (exact) mass is 303 g/mol. The number of halogens is 2. The first kappa shape index (κ1) is 13.9. The second kappa shape index (κ2) is 6.51. The van der Waals surface area contributed by atoms with Crippen LogP contribution < -0.4 is 4.90 Å². The topological polar surface area (TPSA) is 3.24 Å². The van der Waals surface area contributed by atoms with Crippen molar-refractivity contribution in [3.63, 3.8) is 0 Å². The van der Waals surface area contributed by atoms with Crippen LogP contribution in [0, 0.1) is 5.92 Å². The Balaban J connectivity index is 2.85. The highest BCUT2D eigenvalue weighted by Crippen LogP contribution is 2.26. The minimum absolute atomic E-state index is 0.555. The summed E-state index contributed by atoms with van der Waals surface area (Å²) in [6.07, 6.45) is 1.21. The molecule has 0 fully saturated rings. The van der Waals surface area contributed by atoms with Crippen LogP contribution in [-0.2, 0) is 5.88 Å². The molecule has 1 nitrogen and oxygen atoms in total. The fourth-order valence-corrected chi connectivity index (χ4v) is 2.35. The number of alkyl halides is 1. The SMILES string of the molecule is CCC(C)CN(C)c1ccc(Br)cc1CCl. The lowest BCUT2D eigenvalue weighted by Crippen LogP contribution is -2.24. The lowest BCUT2D eigenvalue weighted by molar-refractivity contribution is 0.559. The predicted octanol–water partition coefficient (Wildman–Crippen LogP) is 4.67. The van der Waals surface area contributed by atoms with Crippen LogP contribution in [0.25, 0.3) is 0 Å². The lowest BCUT2D eigenvalue weighted by atomic mass is 10.1. The zero-order valence-electron chi connectivity index (χ0n) is 10.1. The highest BCUT2D eigenvalue weighted by molar-refractivity contribution is 9.10. The molecule has 1 aromatic rings. The van der Waals surface area contributed by atoms with Crippen molar-refractivity contribution >= 4 is 33.2 Å². The van der Waals surface area contributed by atoms with Crippen molar-refractivity contribution in [1.82, 2.24) is 0 Å². The van der Waals surface area contributed by atoms with Gasteiger partial charge < -0.3 is 4.90 Å². The third-order valence-electron chi connectivity index (χ3n) is 2.88. The van der Waals surface area contributed by atoms with Crippen molar-refractivity contribution in [2.24, 2.45) is 5.92 Å². The van der Waals surface area contributed by atoms with E-state index in [0.717, 1.165) is 11.0 Å². The summed E-state index contributed by atoms with van der Waals surface area (Å²) in [5.41, 5.74) is 2.42. The molecule has 16 heavy (non-hydrogen) atoms. The van der Waals surface area contributed by atoms with Gasteiger partial charge in [0.2, 0.25) is 0 Å². The average Bonchev–Trinajstić information content (AvgIpc) is 2.28. The molecule has 1 atom stereocenters. The van der Waals surface area contributed by atoms with E-state index in [-0.39, 0.29) is 0 Å². The number of benzene rings is 1. The van der Waals surface area contributed by atoms with Crippen molar-refractivity contribution < 1.29 is 0 Å². The summed E-state index contributed by atoms with van der Waals surface area (Å²) in [5.74, 6) is 1.26. The van der Waals surface area contributed by atoms with Crippen LogP contribution in [0.5, 0.6) is 0 Å². The van der Waals surface area contributed by atoms with Gasteiger partial charge in [-0.25, -0.2) is 0 Å². The van der Waals surface area contributed by atoms with E-state index in [0.29, 0.717) is 11.8 Å². The summed E-state index contributed by atoms with van der Waals surface area (Å²) in [7, 11) is 2.13. The molecule has 0 spiro atoms. The summed E-state index contributed by atoms with van der Waals surface area (Å²) in [5, 5.41) is 0. The Morgan fingerprint density at radius 1 is 1.44 bits per heavy atom. The minimum Gasteiger partial charge on any atom is -0.374 e. The Morgan fingerprint density at radius 2 is 2.12 bits per heavy atom. The molecule has 3 heteroatoms.